The number of likely N-dealkylation sites (tertiary alicyclic amines) is 1. The van der Waals surface area contributed by atoms with Gasteiger partial charge in [-0.1, -0.05) is 6.92 Å². The van der Waals surface area contributed by atoms with E-state index in [1.165, 1.54) is 12.8 Å². The van der Waals surface area contributed by atoms with E-state index in [2.05, 4.69) is 37.5 Å². The molecule has 6 heteroatoms. The Kier molecular flexibility index (Phi) is 7.82. The van der Waals surface area contributed by atoms with Crippen molar-refractivity contribution in [2.75, 3.05) is 26.2 Å². The predicted octanol–water partition coefficient (Wildman–Crippen LogP) is 2.72. The Balaban J connectivity index is 1.59. The number of piperidine rings is 1. The van der Waals surface area contributed by atoms with Crippen molar-refractivity contribution in [3.05, 3.63) is 16.1 Å². The zero-order valence-electron chi connectivity index (χ0n) is 13.2. The Labute approximate surface area is 146 Å². The minimum absolute atomic E-state index is 0.124. The Morgan fingerprint density at radius 2 is 2.14 bits per heavy atom. The lowest BCUT2D eigenvalue weighted by atomic mass is 9.97. The van der Waals surface area contributed by atoms with Crippen LogP contribution in [0.25, 0.3) is 0 Å². The summed E-state index contributed by atoms with van der Waals surface area (Å²) in [6.45, 7) is 6.14. The van der Waals surface area contributed by atoms with Crippen LogP contribution in [-0.2, 0) is 0 Å². The fourth-order valence-corrected chi connectivity index (χ4v) is 2.99. The SMILES string of the molecule is CCC(O)CCCN1CCC(COc2cnc(I)cn2)CC1. The number of hydrogen-bond donors (Lipinski definition) is 1. The fraction of sp³-hybridized carbons (Fsp3) is 0.750. The normalized spacial score (nSPS) is 18.3. The molecule has 0 aromatic carbocycles. The topological polar surface area (TPSA) is 58.5 Å². The highest BCUT2D eigenvalue weighted by atomic mass is 127. The molecule has 22 heavy (non-hydrogen) atoms. The maximum Gasteiger partial charge on any atom is 0.232 e. The first-order chi connectivity index (χ1) is 10.7. The number of nitrogens with zero attached hydrogens (tertiary/aromatic N) is 3. The molecule has 1 saturated heterocycles. The molecule has 0 aliphatic carbocycles. The maximum absolute atomic E-state index is 9.58. The number of aliphatic hydroxyl groups is 1. The van der Waals surface area contributed by atoms with E-state index in [4.69, 9.17) is 4.74 Å². The van der Waals surface area contributed by atoms with Gasteiger partial charge < -0.3 is 14.7 Å². The Morgan fingerprint density at radius 1 is 1.36 bits per heavy atom. The lowest BCUT2D eigenvalue weighted by molar-refractivity contribution is 0.123. The highest BCUT2D eigenvalue weighted by molar-refractivity contribution is 14.1. The maximum atomic E-state index is 9.58. The van der Waals surface area contributed by atoms with Gasteiger partial charge in [0.15, 0.2) is 0 Å². The second-order valence-corrected chi connectivity index (χ2v) is 7.08. The van der Waals surface area contributed by atoms with Crippen molar-refractivity contribution in [1.82, 2.24) is 14.9 Å². The third kappa shape index (κ3) is 6.34. The molecule has 1 aromatic rings. The van der Waals surface area contributed by atoms with Gasteiger partial charge >= 0.3 is 0 Å². The highest BCUT2D eigenvalue weighted by Gasteiger charge is 2.19. The van der Waals surface area contributed by atoms with E-state index in [-0.39, 0.29) is 6.10 Å². The number of hydrogen-bond acceptors (Lipinski definition) is 5. The quantitative estimate of drug-likeness (QED) is 0.657. The minimum atomic E-state index is -0.124. The van der Waals surface area contributed by atoms with E-state index in [0.717, 1.165) is 49.2 Å². The molecule has 1 unspecified atom stereocenters. The Bertz CT molecular complexity index is 422. The van der Waals surface area contributed by atoms with Gasteiger partial charge in [0.2, 0.25) is 5.88 Å². The largest absolute Gasteiger partial charge is 0.476 e. The standard InChI is InChI=1S/C16H26IN3O2/c1-2-14(21)4-3-7-20-8-5-13(6-9-20)12-22-16-11-18-15(17)10-19-16/h10-11,13-14,21H,2-9,12H2,1H3. The number of rotatable bonds is 8. The van der Waals surface area contributed by atoms with E-state index in [1.807, 2.05) is 6.92 Å². The van der Waals surface area contributed by atoms with Crippen molar-refractivity contribution in [1.29, 1.82) is 0 Å². The van der Waals surface area contributed by atoms with E-state index in [1.54, 1.807) is 12.4 Å². The third-order valence-corrected chi connectivity index (χ3v) is 4.81. The molecule has 1 aromatic heterocycles. The van der Waals surface area contributed by atoms with E-state index < -0.39 is 0 Å². The van der Waals surface area contributed by atoms with Gasteiger partial charge in [0, 0.05) is 0 Å². The van der Waals surface area contributed by atoms with Gasteiger partial charge in [-0.15, -0.1) is 0 Å². The molecule has 1 atom stereocenters. The van der Waals surface area contributed by atoms with Gasteiger partial charge in [0.05, 0.1) is 25.1 Å². The smallest absolute Gasteiger partial charge is 0.232 e. The summed E-state index contributed by atoms with van der Waals surface area (Å²) in [5, 5.41) is 9.58. The van der Waals surface area contributed by atoms with Crippen molar-refractivity contribution in [2.45, 2.75) is 45.1 Å². The molecule has 1 fully saturated rings. The van der Waals surface area contributed by atoms with Crippen LogP contribution < -0.4 is 4.74 Å². The van der Waals surface area contributed by atoms with E-state index in [9.17, 15) is 5.11 Å². The van der Waals surface area contributed by atoms with Crippen LogP contribution in [0.5, 0.6) is 5.88 Å². The molecule has 1 N–H and O–H groups in total. The van der Waals surface area contributed by atoms with Crippen LogP contribution in [0.3, 0.4) is 0 Å². The summed E-state index contributed by atoms with van der Waals surface area (Å²) >= 11 is 2.14. The number of halogens is 1. The predicted molar refractivity (Wildman–Crippen MR) is 94.9 cm³/mol. The molecular formula is C16H26IN3O2. The first kappa shape index (κ1) is 17.9. The molecule has 2 rings (SSSR count). The molecule has 5 nitrogen and oxygen atoms in total. The van der Waals surface area contributed by atoms with E-state index >= 15 is 0 Å². The van der Waals surface area contributed by atoms with Crippen LogP contribution in [0.15, 0.2) is 12.4 Å². The molecule has 0 radical (unpaired) electrons. The molecular weight excluding hydrogens is 393 g/mol. The van der Waals surface area contributed by atoms with Crippen molar-refractivity contribution in [3.63, 3.8) is 0 Å². The summed E-state index contributed by atoms with van der Waals surface area (Å²) in [4.78, 5) is 10.9. The average molecular weight is 419 g/mol. The van der Waals surface area contributed by atoms with Crippen LogP contribution in [0.1, 0.15) is 39.0 Å². The van der Waals surface area contributed by atoms with Gasteiger partial charge in [-0.3, -0.25) is 0 Å². The summed E-state index contributed by atoms with van der Waals surface area (Å²) in [7, 11) is 0. The summed E-state index contributed by atoms with van der Waals surface area (Å²) in [6, 6.07) is 0. The van der Waals surface area contributed by atoms with Crippen LogP contribution in [0, 0.1) is 9.62 Å². The van der Waals surface area contributed by atoms with Gasteiger partial charge in [0.1, 0.15) is 3.70 Å². The molecule has 1 aliphatic heterocycles. The number of aliphatic hydroxyl groups excluding tert-OH is 1. The van der Waals surface area contributed by atoms with Crippen LogP contribution in [-0.4, -0.2) is 52.3 Å². The second-order valence-electron chi connectivity index (χ2n) is 5.98. The van der Waals surface area contributed by atoms with Gasteiger partial charge in [-0.05, 0) is 80.2 Å². The van der Waals surface area contributed by atoms with Crippen LogP contribution in [0.2, 0.25) is 0 Å². The number of ether oxygens (including phenoxy) is 1. The summed E-state index contributed by atoms with van der Waals surface area (Å²) in [6.07, 6.45) is 8.52. The molecule has 0 spiro atoms. The Hall–Kier alpha value is -0.470. The van der Waals surface area contributed by atoms with Gasteiger partial charge in [0.25, 0.3) is 0 Å². The monoisotopic (exact) mass is 419 g/mol. The zero-order valence-corrected chi connectivity index (χ0v) is 15.4. The van der Waals surface area contributed by atoms with Crippen LogP contribution >= 0.6 is 22.6 Å². The van der Waals surface area contributed by atoms with Crippen molar-refractivity contribution < 1.29 is 9.84 Å². The fourth-order valence-electron chi connectivity index (χ4n) is 2.71. The highest BCUT2D eigenvalue weighted by Crippen LogP contribution is 2.19. The van der Waals surface area contributed by atoms with E-state index in [0.29, 0.717) is 11.8 Å². The number of aromatic nitrogens is 2. The summed E-state index contributed by atoms with van der Waals surface area (Å²) < 4.78 is 6.62. The average Bonchev–Trinajstić information content (AvgIpc) is 2.55. The van der Waals surface area contributed by atoms with Crippen molar-refractivity contribution >= 4 is 22.6 Å². The lowest BCUT2D eigenvalue weighted by Crippen LogP contribution is -2.36. The van der Waals surface area contributed by atoms with Crippen molar-refractivity contribution in [2.24, 2.45) is 5.92 Å². The molecule has 1 aliphatic rings. The first-order valence-corrected chi connectivity index (χ1v) is 9.26. The van der Waals surface area contributed by atoms with Gasteiger partial charge in [-0.25, -0.2) is 9.97 Å². The molecule has 124 valence electrons. The van der Waals surface area contributed by atoms with Crippen LogP contribution in [0.4, 0.5) is 0 Å². The summed E-state index contributed by atoms with van der Waals surface area (Å²) in [5.74, 6) is 1.23. The minimum Gasteiger partial charge on any atom is -0.476 e. The second kappa shape index (κ2) is 9.62. The third-order valence-electron chi connectivity index (χ3n) is 4.25. The zero-order chi connectivity index (χ0) is 15.8. The Morgan fingerprint density at radius 3 is 2.77 bits per heavy atom. The summed E-state index contributed by atoms with van der Waals surface area (Å²) in [5.41, 5.74) is 0. The molecule has 2 heterocycles. The lowest BCUT2D eigenvalue weighted by Gasteiger charge is -2.31. The van der Waals surface area contributed by atoms with Gasteiger partial charge in [-0.2, -0.15) is 0 Å². The molecule has 0 saturated carbocycles. The molecule has 0 amide bonds. The van der Waals surface area contributed by atoms with Crippen molar-refractivity contribution in [3.8, 4) is 5.88 Å². The first-order valence-electron chi connectivity index (χ1n) is 8.18. The molecule has 0 bridgehead atoms.